The van der Waals surface area contributed by atoms with Crippen molar-refractivity contribution in [2.75, 3.05) is 19.6 Å². The number of nitrogens with zero attached hydrogens (tertiary/aromatic N) is 1. The molecule has 112 valence electrons. The first-order chi connectivity index (χ1) is 8.90. The molecule has 4 nitrogen and oxygen atoms in total. The van der Waals surface area contributed by atoms with Crippen molar-refractivity contribution < 1.29 is 4.79 Å². The van der Waals surface area contributed by atoms with Gasteiger partial charge in [0, 0.05) is 31.1 Å². The van der Waals surface area contributed by atoms with Crippen molar-refractivity contribution in [1.29, 1.82) is 0 Å². The van der Waals surface area contributed by atoms with Gasteiger partial charge < -0.3 is 16.0 Å². The van der Waals surface area contributed by atoms with E-state index in [0.717, 1.165) is 32.4 Å². The van der Waals surface area contributed by atoms with Crippen LogP contribution in [0.5, 0.6) is 0 Å². The number of hydrogen-bond donors (Lipinski definition) is 2. The maximum atomic E-state index is 11.8. The highest BCUT2D eigenvalue weighted by Gasteiger charge is 2.21. The molecule has 4 heteroatoms. The molecule has 0 aliphatic carbocycles. The van der Waals surface area contributed by atoms with Crippen LogP contribution >= 0.6 is 0 Å². The molecular weight excluding hydrogens is 238 g/mol. The minimum atomic E-state index is -0.249. The first kappa shape index (κ1) is 16.4. The number of piperidine rings is 1. The SMILES string of the molecule is CCCCN1CCC(NC(=O)CCC(C)(C)N)CC1. The van der Waals surface area contributed by atoms with Gasteiger partial charge in [-0.1, -0.05) is 13.3 Å². The third-order valence-electron chi connectivity index (χ3n) is 3.78. The fourth-order valence-electron chi connectivity index (χ4n) is 2.42. The first-order valence-corrected chi connectivity index (χ1v) is 7.71. The lowest BCUT2D eigenvalue weighted by molar-refractivity contribution is -0.122. The van der Waals surface area contributed by atoms with Crippen molar-refractivity contribution in [1.82, 2.24) is 10.2 Å². The van der Waals surface area contributed by atoms with Crippen LogP contribution in [0.15, 0.2) is 0 Å². The summed E-state index contributed by atoms with van der Waals surface area (Å²) in [6.45, 7) is 9.60. The van der Waals surface area contributed by atoms with E-state index < -0.39 is 0 Å². The van der Waals surface area contributed by atoms with E-state index >= 15 is 0 Å². The minimum absolute atomic E-state index is 0.158. The largest absolute Gasteiger partial charge is 0.353 e. The molecule has 0 aromatic rings. The Hall–Kier alpha value is -0.610. The lowest BCUT2D eigenvalue weighted by Crippen LogP contribution is -2.45. The van der Waals surface area contributed by atoms with Crippen molar-refractivity contribution >= 4 is 5.91 Å². The van der Waals surface area contributed by atoms with Crippen LogP contribution in [0.25, 0.3) is 0 Å². The predicted molar refractivity (Wildman–Crippen MR) is 80.0 cm³/mol. The molecule has 1 fully saturated rings. The van der Waals surface area contributed by atoms with Crippen LogP contribution in [-0.2, 0) is 4.79 Å². The van der Waals surface area contributed by atoms with Crippen LogP contribution in [-0.4, -0.2) is 42.0 Å². The van der Waals surface area contributed by atoms with E-state index in [1.165, 1.54) is 19.4 Å². The van der Waals surface area contributed by atoms with Gasteiger partial charge in [-0.3, -0.25) is 4.79 Å². The molecule has 0 bridgehead atoms. The van der Waals surface area contributed by atoms with E-state index in [2.05, 4.69) is 17.1 Å². The molecule has 1 aliphatic rings. The molecular formula is C15H31N3O. The summed E-state index contributed by atoms with van der Waals surface area (Å²) >= 11 is 0. The van der Waals surface area contributed by atoms with Crippen LogP contribution < -0.4 is 11.1 Å². The normalized spacial score (nSPS) is 18.5. The zero-order valence-corrected chi connectivity index (χ0v) is 12.9. The van der Waals surface area contributed by atoms with Crippen molar-refractivity contribution in [2.24, 2.45) is 5.73 Å². The maximum absolute atomic E-state index is 11.8. The molecule has 0 aromatic heterocycles. The first-order valence-electron chi connectivity index (χ1n) is 7.71. The van der Waals surface area contributed by atoms with Crippen LogP contribution in [0.1, 0.15) is 59.3 Å². The predicted octanol–water partition coefficient (Wildman–Crippen LogP) is 1.88. The maximum Gasteiger partial charge on any atom is 0.220 e. The zero-order valence-electron chi connectivity index (χ0n) is 12.9. The molecule has 1 heterocycles. The second-order valence-corrected chi connectivity index (χ2v) is 6.53. The van der Waals surface area contributed by atoms with Gasteiger partial charge in [0.05, 0.1) is 0 Å². The van der Waals surface area contributed by atoms with E-state index in [-0.39, 0.29) is 11.4 Å². The second-order valence-electron chi connectivity index (χ2n) is 6.53. The Morgan fingerprint density at radius 3 is 2.53 bits per heavy atom. The standard InChI is InChI=1S/C15H31N3O/c1-4-5-10-18-11-7-13(8-12-18)17-14(19)6-9-15(2,3)16/h13H,4-12,16H2,1-3H3,(H,17,19). The third kappa shape index (κ3) is 7.53. The van der Waals surface area contributed by atoms with Crippen LogP contribution in [0, 0.1) is 0 Å². The third-order valence-corrected chi connectivity index (χ3v) is 3.78. The molecule has 1 rings (SSSR count). The van der Waals surface area contributed by atoms with Gasteiger partial charge in [0.2, 0.25) is 5.91 Å². The molecule has 0 aromatic carbocycles. The Balaban J connectivity index is 2.16. The number of unbranched alkanes of at least 4 members (excludes halogenated alkanes) is 1. The van der Waals surface area contributed by atoms with E-state index in [1.54, 1.807) is 0 Å². The topological polar surface area (TPSA) is 58.4 Å². The fraction of sp³-hybridized carbons (Fsp3) is 0.933. The van der Waals surface area contributed by atoms with E-state index in [9.17, 15) is 4.79 Å². The quantitative estimate of drug-likeness (QED) is 0.742. The highest BCUT2D eigenvalue weighted by atomic mass is 16.1. The molecule has 3 N–H and O–H groups in total. The number of nitrogens with one attached hydrogen (secondary N) is 1. The Morgan fingerprint density at radius 1 is 1.37 bits per heavy atom. The molecule has 0 unspecified atom stereocenters. The number of carbonyl (C=O) groups excluding carboxylic acids is 1. The number of nitrogens with two attached hydrogens (primary N) is 1. The van der Waals surface area contributed by atoms with Crippen molar-refractivity contribution in [2.45, 2.75) is 70.9 Å². The number of carbonyl (C=O) groups is 1. The Morgan fingerprint density at radius 2 is 2.00 bits per heavy atom. The average molecular weight is 269 g/mol. The number of amides is 1. The molecule has 0 atom stereocenters. The zero-order chi connectivity index (χ0) is 14.3. The number of rotatable bonds is 7. The molecule has 0 radical (unpaired) electrons. The van der Waals surface area contributed by atoms with Gasteiger partial charge in [-0.25, -0.2) is 0 Å². The number of hydrogen-bond acceptors (Lipinski definition) is 3. The smallest absolute Gasteiger partial charge is 0.220 e. The van der Waals surface area contributed by atoms with E-state index in [1.807, 2.05) is 13.8 Å². The Labute approximate surface area is 118 Å². The Kier molecular flexibility index (Phi) is 6.80. The van der Waals surface area contributed by atoms with E-state index in [0.29, 0.717) is 12.5 Å². The van der Waals surface area contributed by atoms with Crippen molar-refractivity contribution in [3.63, 3.8) is 0 Å². The summed E-state index contributed by atoms with van der Waals surface area (Å²) in [5, 5.41) is 3.15. The molecule has 0 spiro atoms. The summed E-state index contributed by atoms with van der Waals surface area (Å²) < 4.78 is 0. The van der Waals surface area contributed by atoms with Crippen LogP contribution in [0.3, 0.4) is 0 Å². The number of likely N-dealkylation sites (tertiary alicyclic amines) is 1. The minimum Gasteiger partial charge on any atom is -0.353 e. The highest BCUT2D eigenvalue weighted by molar-refractivity contribution is 5.76. The summed E-state index contributed by atoms with van der Waals surface area (Å²) in [4.78, 5) is 14.3. The van der Waals surface area contributed by atoms with Crippen LogP contribution in [0.4, 0.5) is 0 Å². The molecule has 1 aliphatic heterocycles. The van der Waals surface area contributed by atoms with Gasteiger partial charge >= 0.3 is 0 Å². The lowest BCUT2D eigenvalue weighted by Gasteiger charge is -2.32. The average Bonchev–Trinajstić information content (AvgIpc) is 2.35. The van der Waals surface area contributed by atoms with Gasteiger partial charge in [-0.05, 0) is 46.1 Å². The van der Waals surface area contributed by atoms with E-state index in [4.69, 9.17) is 5.73 Å². The fourth-order valence-corrected chi connectivity index (χ4v) is 2.42. The molecule has 0 saturated carbocycles. The van der Waals surface area contributed by atoms with Gasteiger partial charge in [-0.2, -0.15) is 0 Å². The summed E-state index contributed by atoms with van der Waals surface area (Å²) in [5.74, 6) is 0.158. The molecule has 19 heavy (non-hydrogen) atoms. The van der Waals surface area contributed by atoms with Crippen molar-refractivity contribution in [3.05, 3.63) is 0 Å². The summed E-state index contributed by atoms with van der Waals surface area (Å²) in [6, 6.07) is 0.367. The summed E-state index contributed by atoms with van der Waals surface area (Å²) in [7, 11) is 0. The second kappa shape index (κ2) is 7.85. The van der Waals surface area contributed by atoms with Gasteiger partial charge in [0.1, 0.15) is 0 Å². The molecule has 1 saturated heterocycles. The summed E-state index contributed by atoms with van der Waals surface area (Å²) in [6.07, 6.45) is 5.99. The van der Waals surface area contributed by atoms with Gasteiger partial charge in [0.25, 0.3) is 0 Å². The van der Waals surface area contributed by atoms with Gasteiger partial charge in [0.15, 0.2) is 0 Å². The Bertz CT molecular complexity index is 265. The van der Waals surface area contributed by atoms with Crippen molar-refractivity contribution in [3.8, 4) is 0 Å². The van der Waals surface area contributed by atoms with Crippen LogP contribution in [0.2, 0.25) is 0 Å². The highest BCUT2D eigenvalue weighted by Crippen LogP contribution is 2.12. The summed E-state index contributed by atoms with van der Waals surface area (Å²) in [5.41, 5.74) is 5.65. The molecule has 1 amide bonds. The van der Waals surface area contributed by atoms with Gasteiger partial charge in [-0.15, -0.1) is 0 Å². The lowest BCUT2D eigenvalue weighted by atomic mass is 9.99. The monoisotopic (exact) mass is 269 g/mol.